The molecule has 1 amide bonds. The van der Waals surface area contributed by atoms with Crippen molar-refractivity contribution in [2.75, 3.05) is 6.61 Å². The number of esters is 1. The molecule has 1 aromatic heterocycles. The quantitative estimate of drug-likeness (QED) is 0.631. The van der Waals surface area contributed by atoms with E-state index in [0.29, 0.717) is 5.56 Å². The average Bonchev–Trinajstić information content (AvgIpc) is 2.95. The van der Waals surface area contributed by atoms with Gasteiger partial charge in [-0.25, -0.2) is 4.79 Å². The standard InChI is InChI=1S/C19H19N3O4/c1-12-10-15(13(2)22(12)14-6-4-3-5-7-14)17(23)11-26-19(25)16-8-9-18(24)21-20-16/h3-8,10,20H,9,11H2,1-2H3,(H,21,24). The summed E-state index contributed by atoms with van der Waals surface area (Å²) in [7, 11) is 0. The van der Waals surface area contributed by atoms with Gasteiger partial charge in [-0.2, -0.15) is 0 Å². The molecule has 0 saturated heterocycles. The number of para-hydroxylation sites is 1. The maximum Gasteiger partial charge on any atom is 0.356 e. The second kappa shape index (κ2) is 7.26. The number of nitrogens with one attached hydrogen (secondary N) is 2. The zero-order valence-electron chi connectivity index (χ0n) is 14.5. The van der Waals surface area contributed by atoms with Crippen molar-refractivity contribution in [2.24, 2.45) is 0 Å². The fraction of sp³-hybridized carbons (Fsp3) is 0.211. The van der Waals surface area contributed by atoms with Gasteiger partial charge < -0.3 is 9.30 Å². The number of hydrogen-bond acceptors (Lipinski definition) is 5. The largest absolute Gasteiger partial charge is 0.453 e. The van der Waals surface area contributed by atoms with E-state index in [9.17, 15) is 14.4 Å². The van der Waals surface area contributed by atoms with Crippen molar-refractivity contribution in [1.29, 1.82) is 0 Å². The summed E-state index contributed by atoms with van der Waals surface area (Å²) in [6.07, 6.45) is 1.51. The summed E-state index contributed by atoms with van der Waals surface area (Å²) in [6.45, 7) is 3.41. The Morgan fingerprint density at radius 2 is 1.88 bits per heavy atom. The molecule has 0 aliphatic carbocycles. The zero-order valence-corrected chi connectivity index (χ0v) is 14.5. The Hall–Kier alpha value is -3.35. The van der Waals surface area contributed by atoms with E-state index in [2.05, 4.69) is 10.9 Å². The minimum Gasteiger partial charge on any atom is -0.453 e. The number of ether oxygens (including phenoxy) is 1. The molecule has 0 unspecified atom stereocenters. The van der Waals surface area contributed by atoms with Crippen molar-refractivity contribution in [3.05, 3.63) is 65.1 Å². The Kier molecular flexibility index (Phi) is 4.88. The van der Waals surface area contributed by atoms with Crippen LogP contribution in [0.2, 0.25) is 0 Å². The van der Waals surface area contributed by atoms with Crippen LogP contribution in [0.3, 0.4) is 0 Å². The van der Waals surface area contributed by atoms with Crippen LogP contribution >= 0.6 is 0 Å². The number of carbonyl (C=O) groups is 3. The third kappa shape index (κ3) is 3.51. The minimum absolute atomic E-state index is 0.0869. The van der Waals surface area contributed by atoms with Gasteiger partial charge in [-0.3, -0.25) is 20.4 Å². The van der Waals surface area contributed by atoms with Crippen molar-refractivity contribution >= 4 is 17.7 Å². The number of amides is 1. The number of aromatic nitrogens is 1. The summed E-state index contributed by atoms with van der Waals surface area (Å²) in [6, 6.07) is 11.5. The number of ketones is 1. The van der Waals surface area contributed by atoms with Gasteiger partial charge in [-0.15, -0.1) is 0 Å². The molecule has 0 radical (unpaired) electrons. The Labute approximate surface area is 150 Å². The van der Waals surface area contributed by atoms with Crippen LogP contribution in [-0.2, 0) is 14.3 Å². The van der Waals surface area contributed by atoms with Crippen molar-refractivity contribution in [3.63, 3.8) is 0 Å². The SMILES string of the molecule is Cc1cc(C(=O)COC(=O)C2=CCC(=O)NN2)c(C)n1-c1ccccc1. The van der Waals surface area contributed by atoms with Crippen LogP contribution in [0.4, 0.5) is 0 Å². The first kappa shape index (κ1) is 17.5. The van der Waals surface area contributed by atoms with Crippen LogP contribution in [-0.4, -0.2) is 28.8 Å². The molecular formula is C19H19N3O4. The number of aryl methyl sites for hydroxylation is 1. The molecule has 7 nitrogen and oxygen atoms in total. The molecule has 0 fully saturated rings. The summed E-state index contributed by atoms with van der Waals surface area (Å²) in [5.41, 5.74) is 8.08. The molecule has 0 atom stereocenters. The Balaban J connectivity index is 1.71. The lowest BCUT2D eigenvalue weighted by Gasteiger charge is -2.15. The third-order valence-electron chi connectivity index (χ3n) is 4.13. The van der Waals surface area contributed by atoms with Gasteiger partial charge in [0, 0.05) is 29.1 Å². The summed E-state index contributed by atoms with van der Waals surface area (Å²) in [5.74, 6) is -1.21. The predicted molar refractivity (Wildman–Crippen MR) is 94.5 cm³/mol. The molecule has 7 heteroatoms. The predicted octanol–water partition coefficient (Wildman–Crippen LogP) is 1.73. The van der Waals surface area contributed by atoms with Gasteiger partial charge in [0.2, 0.25) is 11.7 Å². The van der Waals surface area contributed by atoms with Gasteiger partial charge in [0.05, 0.1) is 0 Å². The molecule has 1 aliphatic heterocycles. The summed E-state index contributed by atoms with van der Waals surface area (Å²) >= 11 is 0. The third-order valence-corrected chi connectivity index (χ3v) is 4.13. The maximum absolute atomic E-state index is 12.5. The van der Waals surface area contributed by atoms with Crippen molar-refractivity contribution in [2.45, 2.75) is 20.3 Å². The Morgan fingerprint density at radius 1 is 1.15 bits per heavy atom. The van der Waals surface area contributed by atoms with Gasteiger partial charge in [0.1, 0.15) is 5.70 Å². The van der Waals surface area contributed by atoms with Crippen molar-refractivity contribution < 1.29 is 19.1 Å². The molecule has 26 heavy (non-hydrogen) atoms. The van der Waals surface area contributed by atoms with E-state index in [0.717, 1.165) is 17.1 Å². The highest BCUT2D eigenvalue weighted by Crippen LogP contribution is 2.21. The summed E-state index contributed by atoms with van der Waals surface area (Å²) in [4.78, 5) is 35.5. The first-order valence-electron chi connectivity index (χ1n) is 8.17. The van der Waals surface area contributed by atoms with Crippen LogP contribution in [0.15, 0.2) is 48.2 Å². The highest BCUT2D eigenvalue weighted by molar-refractivity contribution is 6.00. The number of Topliss-reactive ketones (excluding diaryl/α,β-unsaturated/α-hetero) is 1. The number of carbonyl (C=O) groups excluding carboxylic acids is 3. The van der Waals surface area contributed by atoms with Crippen LogP contribution in [0.25, 0.3) is 5.69 Å². The zero-order chi connectivity index (χ0) is 18.7. The molecule has 3 rings (SSSR count). The molecule has 2 heterocycles. The van der Waals surface area contributed by atoms with Gasteiger partial charge in [0.25, 0.3) is 0 Å². The molecule has 2 aromatic rings. The molecule has 2 N–H and O–H groups in total. The first-order valence-corrected chi connectivity index (χ1v) is 8.17. The lowest BCUT2D eigenvalue weighted by Crippen LogP contribution is -2.42. The van der Waals surface area contributed by atoms with Gasteiger partial charge in [0.15, 0.2) is 6.61 Å². The average molecular weight is 353 g/mol. The highest BCUT2D eigenvalue weighted by atomic mass is 16.5. The lowest BCUT2D eigenvalue weighted by molar-refractivity contribution is -0.138. The summed E-state index contributed by atoms with van der Waals surface area (Å²) in [5, 5.41) is 0. The topological polar surface area (TPSA) is 89.4 Å². The van der Waals surface area contributed by atoms with Crippen LogP contribution in [0.1, 0.15) is 28.2 Å². The fourth-order valence-corrected chi connectivity index (χ4v) is 2.87. The molecular weight excluding hydrogens is 334 g/mol. The van der Waals surface area contributed by atoms with E-state index < -0.39 is 5.97 Å². The first-order chi connectivity index (χ1) is 12.5. The van der Waals surface area contributed by atoms with Crippen molar-refractivity contribution in [3.8, 4) is 5.69 Å². The van der Waals surface area contributed by atoms with Crippen molar-refractivity contribution in [1.82, 2.24) is 15.4 Å². The minimum atomic E-state index is -0.685. The van der Waals surface area contributed by atoms with E-state index in [1.165, 1.54) is 6.08 Å². The van der Waals surface area contributed by atoms with E-state index in [-0.39, 0.29) is 30.4 Å². The van der Waals surface area contributed by atoms with Crippen LogP contribution in [0, 0.1) is 13.8 Å². The Morgan fingerprint density at radius 3 is 2.54 bits per heavy atom. The summed E-state index contributed by atoms with van der Waals surface area (Å²) < 4.78 is 7.04. The Bertz CT molecular complexity index is 897. The van der Waals surface area contributed by atoms with Crippen LogP contribution < -0.4 is 10.9 Å². The fourth-order valence-electron chi connectivity index (χ4n) is 2.87. The second-order valence-corrected chi connectivity index (χ2v) is 5.95. The van der Waals surface area contributed by atoms with Gasteiger partial charge in [-0.05, 0) is 38.1 Å². The molecule has 0 spiro atoms. The molecule has 1 aliphatic rings. The normalized spacial score (nSPS) is 13.5. The monoisotopic (exact) mass is 353 g/mol. The highest BCUT2D eigenvalue weighted by Gasteiger charge is 2.21. The number of benzene rings is 1. The smallest absolute Gasteiger partial charge is 0.356 e. The maximum atomic E-state index is 12.5. The van der Waals surface area contributed by atoms with Crippen LogP contribution in [0.5, 0.6) is 0 Å². The van der Waals surface area contributed by atoms with Gasteiger partial charge in [-0.1, -0.05) is 18.2 Å². The molecule has 0 bridgehead atoms. The molecule has 0 saturated carbocycles. The second-order valence-electron chi connectivity index (χ2n) is 5.95. The van der Waals surface area contributed by atoms with Gasteiger partial charge >= 0.3 is 5.97 Å². The van der Waals surface area contributed by atoms with E-state index >= 15 is 0 Å². The number of rotatable bonds is 5. The number of hydrogen-bond donors (Lipinski definition) is 2. The molecule has 1 aromatic carbocycles. The number of hydrazine groups is 1. The van der Waals surface area contributed by atoms with E-state index in [1.807, 2.05) is 48.7 Å². The molecule has 134 valence electrons. The van der Waals surface area contributed by atoms with E-state index in [1.54, 1.807) is 6.07 Å². The number of nitrogens with zero attached hydrogens (tertiary/aromatic N) is 1. The van der Waals surface area contributed by atoms with E-state index in [4.69, 9.17) is 4.74 Å². The lowest BCUT2D eigenvalue weighted by atomic mass is 10.1.